The Morgan fingerprint density at radius 3 is 2.88 bits per heavy atom. The van der Waals surface area contributed by atoms with Crippen molar-refractivity contribution in [1.82, 2.24) is 15.2 Å². The molecule has 1 aromatic heterocycles. The number of imide groups is 1. The first kappa shape index (κ1) is 11.3. The molecule has 1 aliphatic heterocycles. The number of carbonyl (C=O) groups excluding carboxylic acids is 2. The first-order valence-corrected chi connectivity index (χ1v) is 6.03. The maximum Gasteiger partial charge on any atom is 0.325 e. The number of nitrogens with zero attached hydrogens (tertiary/aromatic N) is 2. The maximum absolute atomic E-state index is 11.8. The van der Waals surface area contributed by atoms with Crippen molar-refractivity contribution in [1.29, 1.82) is 0 Å². The van der Waals surface area contributed by atoms with Gasteiger partial charge in [0.25, 0.3) is 5.91 Å². The highest BCUT2D eigenvalue weighted by molar-refractivity contribution is 7.15. The summed E-state index contributed by atoms with van der Waals surface area (Å²) in [7, 11) is 0. The van der Waals surface area contributed by atoms with Gasteiger partial charge in [0.05, 0.1) is 6.54 Å². The fraction of sp³-hybridized carbons (Fsp3) is 0.444. The summed E-state index contributed by atoms with van der Waals surface area (Å²) in [6.45, 7) is 2.10. The molecular formula is C9H10ClN3O2S. The van der Waals surface area contributed by atoms with E-state index in [2.05, 4.69) is 10.3 Å². The van der Waals surface area contributed by atoms with Crippen molar-refractivity contribution in [2.45, 2.75) is 25.9 Å². The van der Waals surface area contributed by atoms with Crippen molar-refractivity contribution >= 4 is 34.9 Å². The van der Waals surface area contributed by atoms with Gasteiger partial charge in [-0.05, 0) is 6.42 Å². The third-order valence-electron chi connectivity index (χ3n) is 2.35. The summed E-state index contributed by atoms with van der Waals surface area (Å²) in [4.78, 5) is 29.1. The van der Waals surface area contributed by atoms with Crippen LogP contribution in [0.3, 0.4) is 0 Å². The second-order valence-corrected chi connectivity index (χ2v) is 5.11. The van der Waals surface area contributed by atoms with Gasteiger partial charge in [-0.15, -0.1) is 11.3 Å². The predicted octanol–water partition coefficient (Wildman–Crippen LogP) is 1.63. The first-order valence-electron chi connectivity index (χ1n) is 4.84. The minimum Gasteiger partial charge on any atom is -0.326 e. The number of carbonyl (C=O) groups is 2. The fourth-order valence-corrected chi connectivity index (χ4v) is 2.48. The van der Waals surface area contributed by atoms with Gasteiger partial charge in [0.1, 0.15) is 6.04 Å². The molecule has 3 amide bonds. The smallest absolute Gasteiger partial charge is 0.325 e. The summed E-state index contributed by atoms with van der Waals surface area (Å²) in [6.07, 6.45) is 2.18. The molecule has 0 aliphatic carbocycles. The van der Waals surface area contributed by atoms with Crippen LogP contribution in [-0.2, 0) is 11.3 Å². The minimum atomic E-state index is -0.393. The van der Waals surface area contributed by atoms with E-state index in [-0.39, 0.29) is 18.5 Å². The maximum atomic E-state index is 11.8. The molecule has 0 aromatic carbocycles. The molecular weight excluding hydrogens is 250 g/mol. The highest BCUT2D eigenvalue weighted by Crippen LogP contribution is 2.21. The van der Waals surface area contributed by atoms with E-state index in [1.165, 1.54) is 16.2 Å². The SMILES string of the molecule is CCC1NC(=O)N(Cc2cnc(Cl)s2)C1=O. The second-order valence-electron chi connectivity index (χ2n) is 3.41. The molecule has 86 valence electrons. The van der Waals surface area contributed by atoms with E-state index in [1.54, 1.807) is 6.20 Å². The molecule has 5 nitrogen and oxygen atoms in total. The number of aromatic nitrogens is 1. The quantitative estimate of drug-likeness (QED) is 0.839. The molecule has 1 atom stereocenters. The van der Waals surface area contributed by atoms with Gasteiger partial charge < -0.3 is 5.32 Å². The molecule has 1 aromatic rings. The summed E-state index contributed by atoms with van der Waals surface area (Å²) in [5.41, 5.74) is 0. The summed E-state index contributed by atoms with van der Waals surface area (Å²) in [5, 5.41) is 2.62. The van der Waals surface area contributed by atoms with Gasteiger partial charge in [-0.2, -0.15) is 0 Å². The number of hydrogen-bond donors (Lipinski definition) is 1. The minimum absolute atomic E-state index is 0.183. The summed E-state index contributed by atoms with van der Waals surface area (Å²) < 4.78 is 0.411. The Hall–Kier alpha value is -1.14. The van der Waals surface area contributed by atoms with Crippen LogP contribution in [0.5, 0.6) is 0 Å². The van der Waals surface area contributed by atoms with Gasteiger partial charge >= 0.3 is 6.03 Å². The Labute approximate surface area is 101 Å². The average molecular weight is 260 g/mol. The molecule has 0 spiro atoms. The lowest BCUT2D eigenvalue weighted by Crippen LogP contribution is -2.30. The molecule has 1 unspecified atom stereocenters. The van der Waals surface area contributed by atoms with Crippen LogP contribution in [0.25, 0.3) is 0 Å². The van der Waals surface area contributed by atoms with Crippen molar-refractivity contribution in [3.8, 4) is 0 Å². The lowest BCUT2D eigenvalue weighted by molar-refractivity contribution is -0.127. The van der Waals surface area contributed by atoms with Crippen LogP contribution < -0.4 is 5.32 Å². The fourth-order valence-electron chi connectivity index (χ4n) is 1.52. The van der Waals surface area contributed by atoms with E-state index in [9.17, 15) is 9.59 Å². The van der Waals surface area contributed by atoms with E-state index in [0.717, 1.165) is 4.88 Å². The average Bonchev–Trinajstić information content (AvgIpc) is 2.77. The van der Waals surface area contributed by atoms with E-state index in [0.29, 0.717) is 10.9 Å². The van der Waals surface area contributed by atoms with Crippen LogP contribution in [0.4, 0.5) is 4.79 Å². The van der Waals surface area contributed by atoms with Crippen molar-refractivity contribution in [3.05, 3.63) is 15.5 Å². The number of nitrogens with one attached hydrogen (secondary N) is 1. The molecule has 2 rings (SSSR count). The summed E-state index contributed by atoms with van der Waals surface area (Å²) in [6, 6.07) is -0.739. The zero-order chi connectivity index (χ0) is 11.7. The van der Waals surface area contributed by atoms with E-state index >= 15 is 0 Å². The zero-order valence-electron chi connectivity index (χ0n) is 8.57. The Bertz CT molecular complexity index is 434. The van der Waals surface area contributed by atoms with Crippen LogP contribution in [0, 0.1) is 0 Å². The highest BCUT2D eigenvalue weighted by Gasteiger charge is 2.36. The molecule has 1 aliphatic rings. The van der Waals surface area contributed by atoms with Crippen LogP contribution in [0.1, 0.15) is 18.2 Å². The van der Waals surface area contributed by atoms with E-state index < -0.39 is 6.04 Å². The van der Waals surface area contributed by atoms with Gasteiger partial charge in [-0.25, -0.2) is 9.78 Å². The largest absolute Gasteiger partial charge is 0.326 e. The standard InChI is InChI=1S/C9H10ClN3O2S/c1-2-6-7(14)13(9(15)12-6)4-5-3-11-8(10)16-5/h3,6H,2,4H2,1H3,(H,12,15). The van der Waals surface area contributed by atoms with Gasteiger partial charge in [0.15, 0.2) is 4.47 Å². The molecule has 0 bridgehead atoms. The highest BCUT2D eigenvalue weighted by atomic mass is 35.5. The van der Waals surface area contributed by atoms with Gasteiger partial charge in [0, 0.05) is 11.1 Å². The van der Waals surface area contributed by atoms with Crippen molar-refractivity contribution in [2.75, 3.05) is 0 Å². The number of hydrogen-bond acceptors (Lipinski definition) is 4. The summed E-state index contributed by atoms with van der Waals surface area (Å²) in [5.74, 6) is -0.183. The van der Waals surface area contributed by atoms with Crippen LogP contribution in [0.2, 0.25) is 4.47 Å². The third-order valence-corrected chi connectivity index (χ3v) is 3.45. The zero-order valence-corrected chi connectivity index (χ0v) is 10.1. The lowest BCUT2D eigenvalue weighted by atomic mass is 10.2. The normalized spacial score (nSPS) is 20.4. The topological polar surface area (TPSA) is 62.3 Å². The van der Waals surface area contributed by atoms with Crippen LogP contribution >= 0.6 is 22.9 Å². The molecule has 0 radical (unpaired) electrons. The Morgan fingerprint density at radius 1 is 1.62 bits per heavy atom. The molecule has 1 saturated heterocycles. The number of rotatable bonds is 3. The van der Waals surface area contributed by atoms with Crippen molar-refractivity contribution < 1.29 is 9.59 Å². The summed E-state index contributed by atoms with van der Waals surface area (Å²) >= 11 is 6.95. The number of thiazole rings is 1. The molecule has 1 fully saturated rings. The second kappa shape index (κ2) is 4.39. The van der Waals surface area contributed by atoms with Crippen molar-refractivity contribution in [2.24, 2.45) is 0 Å². The molecule has 7 heteroatoms. The molecule has 0 saturated carbocycles. The number of halogens is 1. The van der Waals surface area contributed by atoms with Gasteiger partial charge in [-0.3, -0.25) is 9.69 Å². The van der Waals surface area contributed by atoms with E-state index in [4.69, 9.17) is 11.6 Å². The Morgan fingerprint density at radius 2 is 2.38 bits per heavy atom. The first-order chi connectivity index (χ1) is 7.61. The lowest BCUT2D eigenvalue weighted by Gasteiger charge is -2.10. The third kappa shape index (κ3) is 2.03. The molecule has 2 heterocycles. The molecule has 16 heavy (non-hydrogen) atoms. The van der Waals surface area contributed by atoms with Gasteiger partial charge in [0.2, 0.25) is 0 Å². The van der Waals surface area contributed by atoms with Gasteiger partial charge in [-0.1, -0.05) is 18.5 Å². The predicted molar refractivity (Wildman–Crippen MR) is 60.3 cm³/mol. The number of amides is 3. The Kier molecular flexibility index (Phi) is 3.11. The number of urea groups is 1. The Balaban J connectivity index is 2.10. The van der Waals surface area contributed by atoms with Crippen LogP contribution in [0.15, 0.2) is 6.20 Å². The van der Waals surface area contributed by atoms with Crippen molar-refractivity contribution in [3.63, 3.8) is 0 Å². The van der Waals surface area contributed by atoms with Crippen LogP contribution in [-0.4, -0.2) is 27.9 Å². The monoisotopic (exact) mass is 259 g/mol. The molecule has 1 N–H and O–H groups in total. The van der Waals surface area contributed by atoms with E-state index in [1.807, 2.05) is 6.92 Å².